The topological polar surface area (TPSA) is 31.2 Å². The Bertz CT molecular complexity index is 967. The third-order valence-electron chi connectivity index (χ3n) is 4.24. The lowest BCUT2D eigenvalue weighted by atomic mass is 10.2. The molecule has 3 nitrogen and oxygen atoms in total. The van der Waals surface area contributed by atoms with Gasteiger partial charge in [-0.1, -0.05) is 0 Å². The van der Waals surface area contributed by atoms with Crippen LogP contribution in [0.4, 0.5) is 13.2 Å². The zero-order valence-corrected chi connectivity index (χ0v) is 16.1. The lowest BCUT2D eigenvalue weighted by Crippen LogP contribution is -2.06. The van der Waals surface area contributed by atoms with Crippen LogP contribution in [-0.4, -0.2) is 22.7 Å². The summed E-state index contributed by atoms with van der Waals surface area (Å²) in [7, 11) is 0. The molecule has 0 bridgehead atoms. The first-order valence-electron chi connectivity index (χ1n) is 8.51. The van der Waals surface area contributed by atoms with Crippen LogP contribution in [0.25, 0.3) is 5.69 Å². The van der Waals surface area contributed by atoms with Crippen molar-refractivity contribution < 1.29 is 22.7 Å². The molecule has 1 aromatic heterocycles. The van der Waals surface area contributed by atoms with Gasteiger partial charge in [0.25, 0.3) is 0 Å². The summed E-state index contributed by atoms with van der Waals surface area (Å²) in [4.78, 5) is 13.5. The summed E-state index contributed by atoms with van der Waals surface area (Å²) in [5, 5.41) is 0. The molecule has 0 aliphatic rings. The molecule has 2 aromatic carbocycles. The monoisotopic (exact) mass is 405 g/mol. The van der Waals surface area contributed by atoms with Gasteiger partial charge in [-0.05, 0) is 68.4 Å². The summed E-state index contributed by atoms with van der Waals surface area (Å²) < 4.78 is 43.8. The molecule has 0 fully saturated rings. The lowest BCUT2D eigenvalue weighted by Gasteiger charge is -2.11. The fourth-order valence-electron chi connectivity index (χ4n) is 2.98. The SMILES string of the molecule is Cc1cc(C(=O)CSc2ccc(F)cc2)c(C)n1-c1ccc(OC(F)F)cc1. The van der Waals surface area contributed by atoms with Crippen LogP contribution in [-0.2, 0) is 0 Å². The largest absolute Gasteiger partial charge is 0.435 e. The molecule has 0 unspecified atom stereocenters. The van der Waals surface area contributed by atoms with Crippen LogP contribution in [0, 0.1) is 19.7 Å². The minimum Gasteiger partial charge on any atom is -0.435 e. The number of ketones is 1. The average Bonchev–Trinajstić information content (AvgIpc) is 2.96. The summed E-state index contributed by atoms with van der Waals surface area (Å²) in [6, 6.07) is 14.1. The van der Waals surface area contributed by atoms with Gasteiger partial charge in [0.15, 0.2) is 5.78 Å². The molecule has 0 atom stereocenters. The van der Waals surface area contributed by atoms with E-state index in [0.717, 1.165) is 22.0 Å². The van der Waals surface area contributed by atoms with E-state index >= 15 is 0 Å². The van der Waals surface area contributed by atoms with Crippen LogP contribution >= 0.6 is 11.8 Å². The van der Waals surface area contributed by atoms with Crippen LogP contribution in [0.15, 0.2) is 59.5 Å². The van der Waals surface area contributed by atoms with E-state index in [1.54, 1.807) is 24.3 Å². The Morgan fingerprint density at radius 3 is 2.32 bits per heavy atom. The van der Waals surface area contributed by atoms with Crippen LogP contribution in [0.3, 0.4) is 0 Å². The Hall–Kier alpha value is -2.67. The zero-order valence-electron chi connectivity index (χ0n) is 15.3. The molecule has 0 N–H and O–H groups in total. The number of benzene rings is 2. The molecule has 0 radical (unpaired) electrons. The van der Waals surface area contributed by atoms with Crippen molar-refractivity contribution >= 4 is 17.5 Å². The van der Waals surface area contributed by atoms with E-state index in [2.05, 4.69) is 4.74 Å². The van der Waals surface area contributed by atoms with E-state index in [1.165, 1.54) is 36.0 Å². The molecule has 0 saturated heterocycles. The van der Waals surface area contributed by atoms with Gasteiger partial charge in [-0.25, -0.2) is 4.39 Å². The van der Waals surface area contributed by atoms with Gasteiger partial charge >= 0.3 is 6.61 Å². The van der Waals surface area contributed by atoms with E-state index < -0.39 is 6.61 Å². The maximum Gasteiger partial charge on any atom is 0.387 e. The number of carbonyl (C=O) groups excluding carboxylic acids is 1. The highest BCUT2D eigenvalue weighted by Crippen LogP contribution is 2.26. The number of alkyl halides is 2. The molecular formula is C21H18F3NO2S. The molecule has 1 heterocycles. The number of ether oxygens (including phenoxy) is 1. The standard InChI is InChI=1S/C21H18F3NO2S/c1-13-11-19(20(26)12-28-18-9-3-15(22)4-10-18)14(2)25(13)16-5-7-17(8-6-16)27-21(23)24/h3-11,21H,12H2,1-2H3. The Labute approximate surface area is 165 Å². The van der Waals surface area contributed by atoms with Gasteiger partial charge in [-0.3, -0.25) is 4.79 Å². The van der Waals surface area contributed by atoms with Crippen molar-refractivity contribution in [1.82, 2.24) is 4.57 Å². The predicted octanol–water partition coefficient (Wildman–Crippen LogP) is 5.81. The average molecular weight is 405 g/mol. The number of aryl methyl sites for hydroxylation is 1. The fourth-order valence-corrected chi connectivity index (χ4v) is 3.76. The number of carbonyl (C=O) groups is 1. The van der Waals surface area contributed by atoms with Crippen LogP contribution in [0.5, 0.6) is 5.75 Å². The molecule has 0 amide bonds. The first-order chi connectivity index (χ1) is 13.3. The third kappa shape index (κ3) is 4.59. The number of nitrogens with zero attached hydrogens (tertiary/aromatic N) is 1. The van der Waals surface area contributed by atoms with Gasteiger partial charge in [0.05, 0.1) is 5.75 Å². The van der Waals surface area contributed by atoms with Crippen LogP contribution < -0.4 is 4.74 Å². The highest BCUT2D eigenvalue weighted by atomic mass is 32.2. The van der Waals surface area contributed by atoms with E-state index in [-0.39, 0.29) is 23.1 Å². The number of Topliss-reactive ketones (excluding diaryl/α,β-unsaturated/α-hetero) is 1. The minimum absolute atomic E-state index is 0.0358. The summed E-state index contributed by atoms with van der Waals surface area (Å²) >= 11 is 1.35. The molecule has 0 saturated carbocycles. The number of hydrogen-bond donors (Lipinski definition) is 0. The Kier molecular flexibility index (Phi) is 6.14. The van der Waals surface area contributed by atoms with E-state index in [9.17, 15) is 18.0 Å². The summed E-state index contributed by atoms with van der Waals surface area (Å²) in [5.74, 6) is -0.0411. The number of thioether (sulfide) groups is 1. The Morgan fingerprint density at radius 1 is 1.07 bits per heavy atom. The number of halogens is 3. The normalized spacial score (nSPS) is 11.1. The van der Waals surface area contributed by atoms with Gasteiger partial charge in [0.1, 0.15) is 11.6 Å². The molecule has 7 heteroatoms. The van der Waals surface area contributed by atoms with Crippen LogP contribution in [0.2, 0.25) is 0 Å². The Balaban J connectivity index is 1.77. The number of hydrogen-bond acceptors (Lipinski definition) is 3. The predicted molar refractivity (Wildman–Crippen MR) is 103 cm³/mol. The molecule has 0 aliphatic heterocycles. The highest BCUT2D eigenvalue weighted by Gasteiger charge is 2.17. The van der Waals surface area contributed by atoms with Crippen molar-refractivity contribution in [2.75, 3.05) is 5.75 Å². The molecule has 0 aliphatic carbocycles. The van der Waals surface area contributed by atoms with Crippen LogP contribution in [0.1, 0.15) is 21.7 Å². The zero-order chi connectivity index (χ0) is 20.3. The minimum atomic E-state index is -2.87. The van der Waals surface area contributed by atoms with Gasteiger partial charge in [-0.15, -0.1) is 11.8 Å². The number of aromatic nitrogens is 1. The van der Waals surface area contributed by atoms with Gasteiger partial charge in [0.2, 0.25) is 0 Å². The van der Waals surface area contributed by atoms with Gasteiger partial charge < -0.3 is 9.30 Å². The van der Waals surface area contributed by atoms with Crippen molar-refractivity contribution in [3.8, 4) is 11.4 Å². The molecule has 3 aromatic rings. The van der Waals surface area contributed by atoms with Crippen molar-refractivity contribution in [3.05, 3.63) is 77.4 Å². The molecule has 28 heavy (non-hydrogen) atoms. The lowest BCUT2D eigenvalue weighted by molar-refractivity contribution is -0.0498. The van der Waals surface area contributed by atoms with Gasteiger partial charge in [-0.2, -0.15) is 8.78 Å². The molecular weight excluding hydrogens is 387 g/mol. The van der Waals surface area contributed by atoms with Gasteiger partial charge in [0, 0.05) is 27.5 Å². The molecule has 146 valence electrons. The van der Waals surface area contributed by atoms with Crippen molar-refractivity contribution in [3.63, 3.8) is 0 Å². The molecule has 0 spiro atoms. The summed E-state index contributed by atoms with van der Waals surface area (Å²) in [5.41, 5.74) is 2.97. The maximum absolute atomic E-state index is 13.0. The second-order valence-corrected chi connectivity index (χ2v) is 7.21. The van der Waals surface area contributed by atoms with Crippen molar-refractivity contribution in [2.45, 2.75) is 25.4 Å². The second-order valence-electron chi connectivity index (χ2n) is 6.16. The quantitative estimate of drug-likeness (QED) is 0.367. The van der Waals surface area contributed by atoms with E-state index in [1.807, 2.05) is 24.5 Å². The first kappa shape index (κ1) is 20.1. The van der Waals surface area contributed by atoms with E-state index in [0.29, 0.717) is 5.56 Å². The summed E-state index contributed by atoms with van der Waals surface area (Å²) in [6.07, 6.45) is 0. The van der Waals surface area contributed by atoms with E-state index in [4.69, 9.17) is 0 Å². The smallest absolute Gasteiger partial charge is 0.387 e. The van der Waals surface area contributed by atoms with Crippen molar-refractivity contribution in [1.29, 1.82) is 0 Å². The summed E-state index contributed by atoms with van der Waals surface area (Å²) in [6.45, 7) is 0.844. The second kappa shape index (κ2) is 8.56. The molecule has 3 rings (SSSR count). The highest BCUT2D eigenvalue weighted by molar-refractivity contribution is 8.00. The maximum atomic E-state index is 13.0. The fraction of sp³-hybridized carbons (Fsp3) is 0.190. The number of rotatable bonds is 7. The third-order valence-corrected chi connectivity index (χ3v) is 5.25. The Morgan fingerprint density at radius 2 is 1.71 bits per heavy atom. The van der Waals surface area contributed by atoms with Crippen molar-refractivity contribution in [2.24, 2.45) is 0 Å². The first-order valence-corrected chi connectivity index (χ1v) is 9.49.